The van der Waals surface area contributed by atoms with E-state index < -0.39 is 0 Å². The maximum absolute atomic E-state index is 5.73. The lowest BCUT2D eigenvalue weighted by atomic mass is 10.2. The van der Waals surface area contributed by atoms with Crippen molar-refractivity contribution < 1.29 is 4.42 Å². The van der Waals surface area contributed by atoms with Crippen molar-refractivity contribution in [2.75, 3.05) is 13.1 Å². The third-order valence-corrected chi connectivity index (χ3v) is 4.35. The Morgan fingerprint density at radius 1 is 0.833 bits per heavy atom. The van der Waals surface area contributed by atoms with Gasteiger partial charge < -0.3 is 4.42 Å². The van der Waals surface area contributed by atoms with E-state index in [0.29, 0.717) is 0 Å². The fourth-order valence-electron chi connectivity index (χ4n) is 3.26. The van der Waals surface area contributed by atoms with Crippen molar-refractivity contribution in [1.82, 2.24) is 19.8 Å². The highest BCUT2D eigenvalue weighted by Gasteiger charge is 2.35. The van der Waals surface area contributed by atoms with E-state index in [1.165, 1.54) is 0 Å². The summed E-state index contributed by atoms with van der Waals surface area (Å²) in [6.45, 7) is 3.58. The largest absolute Gasteiger partial charge is 0.466 e. The molecule has 0 bridgehead atoms. The van der Waals surface area contributed by atoms with E-state index in [1.54, 1.807) is 6.26 Å². The Morgan fingerprint density at radius 3 is 1.92 bits per heavy atom. The fourth-order valence-corrected chi connectivity index (χ4v) is 3.26. The Kier molecular flexibility index (Phi) is 4.36. The molecule has 3 aromatic rings. The molecule has 0 spiro atoms. The second-order valence-electron chi connectivity index (χ2n) is 5.97. The van der Waals surface area contributed by atoms with Gasteiger partial charge in [0.05, 0.1) is 17.7 Å². The smallest absolute Gasteiger partial charge is 0.135 e. The quantitative estimate of drug-likeness (QED) is 0.723. The van der Waals surface area contributed by atoms with E-state index in [9.17, 15) is 0 Å². The maximum atomic E-state index is 5.73. The minimum Gasteiger partial charge on any atom is -0.466 e. The first-order chi connectivity index (χ1) is 11.9. The SMILES string of the molecule is c1ccc(CN2CCN(Cc3ccccn3)C2c2ccco2)nc1. The van der Waals surface area contributed by atoms with Crippen LogP contribution >= 0.6 is 0 Å². The van der Waals surface area contributed by atoms with Crippen molar-refractivity contribution >= 4 is 0 Å². The van der Waals surface area contributed by atoms with Crippen molar-refractivity contribution in [1.29, 1.82) is 0 Å². The molecule has 0 aromatic carbocycles. The molecule has 0 N–H and O–H groups in total. The molecule has 0 radical (unpaired) electrons. The van der Waals surface area contributed by atoms with E-state index in [-0.39, 0.29) is 6.17 Å². The summed E-state index contributed by atoms with van der Waals surface area (Å²) in [5, 5.41) is 0. The number of aromatic nitrogens is 2. The third kappa shape index (κ3) is 3.22. The fraction of sp³-hybridized carbons (Fsp3) is 0.263. The third-order valence-electron chi connectivity index (χ3n) is 4.35. The molecule has 5 heteroatoms. The molecule has 24 heavy (non-hydrogen) atoms. The van der Waals surface area contributed by atoms with Crippen LogP contribution in [0.3, 0.4) is 0 Å². The first kappa shape index (κ1) is 15.1. The number of rotatable bonds is 5. The summed E-state index contributed by atoms with van der Waals surface area (Å²) in [6.07, 6.45) is 5.55. The molecule has 5 nitrogen and oxygen atoms in total. The Labute approximate surface area is 141 Å². The number of pyridine rings is 2. The van der Waals surface area contributed by atoms with Gasteiger partial charge in [-0.3, -0.25) is 19.8 Å². The van der Waals surface area contributed by atoms with Crippen LogP contribution in [0.15, 0.2) is 71.6 Å². The van der Waals surface area contributed by atoms with Gasteiger partial charge in [-0.1, -0.05) is 12.1 Å². The molecule has 122 valence electrons. The van der Waals surface area contributed by atoms with Crippen molar-refractivity contribution in [2.24, 2.45) is 0 Å². The van der Waals surface area contributed by atoms with Gasteiger partial charge in [0.2, 0.25) is 0 Å². The summed E-state index contributed by atoms with van der Waals surface area (Å²) in [5.74, 6) is 0.972. The Morgan fingerprint density at radius 2 is 1.46 bits per heavy atom. The summed E-state index contributed by atoms with van der Waals surface area (Å²) >= 11 is 0. The number of furan rings is 1. The van der Waals surface area contributed by atoms with Gasteiger partial charge in [0.15, 0.2) is 0 Å². The van der Waals surface area contributed by atoms with E-state index in [4.69, 9.17) is 4.42 Å². The van der Waals surface area contributed by atoms with Crippen LogP contribution in [0.2, 0.25) is 0 Å². The van der Waals surface area contributed by atoms with Gasteiger partial charge in [-0.05, 0) is 36.4 Å². The van der Waals surface area contributed by atoms with E-state index in [0.717, 1.165) is 43.3 Å². The monoisotopic (exact) mass is 320 g/mol. The van der Waals surface area contributed by atoms with Crippen LogP contribution in [0.4, 0.5) is 0 Å². The predicted molar refractivity (Wildman–Crippen MR) is 90.7 cm³/mol. The molecule has 1 saturated heterocycles. The van der Waals surface area contributed by atoms with Crippen LogP contribution in [0.5, 0.6) is 0 Å². The molecular formula is C19H20N4O. The first-order valence-electron chi connectivity index (χ1n) is 8.21. The normalized spacial score (nSPS) is 16.7. The highest BCUT2D eigenvalue weighted by molar-refractivity contribution is 5.11. The van der Waals surface area contributed by atoms with Crippen LogP contribution in [0.1, 0.15) is 23.3 Å². The number of hydrogen-bond donors (Lipinski definition) is 0. The van der Waals surface area contributed by atoms with Crippen LogP contribution in [-0.2, 0) is 13.1 Å². The lowest BCUT2D eigenvalue weighted by Crippen LogP contribution is -2.30. The zero-order valence-electron chi connectivity index (χ0n) is 13.5. The Hall–Kier alpha value is -2.50. The molecule has 4 rings (SSSR count). The minimum absolute atomic E-state index is 0.115. The topological polar surface area (TPSA) is 45.4 Å². The zero-order valence-corrected chi connectivity index (χ0v) is 13.5. The van der Waals surface area contributed by atoms with Gasteiger partial charge in [-0.15, -0.1) is 0 Å². The molecule has 0 saturated carbocycles. The van der Waals surface area contributed by atoms with E-state index in [2.05, 4.69) is 31.9 Å². The second kappa shape index (κ2) is 6.95. The Balaban J connectivity index is 1.56. The van der Waals surface area contributed by atoms with E-state index in [1.807, 2.05) is 48.8 Å². The lowest BCUT2D eigenvalue weighted by molar-refractivity contribution is 0.102. The average Bonchev–Trinajstić information content (AvgIpc) is 3.27. The number of nitrogens with zero attached hydrogens (tertiary/aromatic N) is 4. The van der Waals surface area contributed by atoms with Crippen molar-refractivity contribution in [3.63, 3.8) is 0 Å². The number of hydrogen-bond acceptors (Lipinski definition) is 5. The molecule has 1 aliphatic rings. The van der Waals surface area contributed by atoms with Crippen LogP contribution in [0.25, 0.3) is 0 Å². The maximum Gasteiger partial charge on any atom is 0.135 e. The molecule has 0 aliphatic carbocycles. The van der Waals surface area contributed by atoms with Crippen LogP contribution in [-0.4, -0.2) is 32.9 Å². The summed E-state index contributed by atoms with van der Waals surface area (Å²) < 4.78 is 5.73. The standard InChI is InChI=1S/C19H20N4O/c1-3-9-20-16(6-1)14-22-11-12-23(15-17-7-2-4-10-21-17)19(22)18-8-5-13-24-18/h1-10,13,19H,11-12,14-15H2. The molecule has 1 fully saturated rings. The second-order valence-corrected chi connectivity index (χ2v) is 5.97. The predicted octanol–water partition coefficient (Wildman–Crippen LogP) is 3.09. The van der Waals surface area contributed by atoms with Gasteiger partial charge in [0.1, 0.15) is 11.9 Å². The van der Waals surface area contributed by atoms with Crippen LogP contribution < -0.4 is 0 Å². The van der Waals surface area contributed by atoms with Gasteiger partial charge in [0.25, 0.3) is 0 Å². The average molecular weight is 320 g/mol. The lowest BCUT2D eigenvalue weighted by Gasteiger charge is -2.28. The van der Waals surface area contributed by atoms with Gasteiger partial charge in [-0.2, -0.15) is 0 Å². The van der Waals surface area contributed by atoms with Gasteiger partial charge in [-0.25, -0.2) is 0 Å². The Bertz CT molecular complexity index is 696. The van der Waals surface area contributed by atoms with Crippen molar-refractivity contribution in [3.8, 4) is 0 Å². The van der Waals surface area contributed by atoms with E-state index >= 15 is 0 Å². The minimum atomic E-state index is 0.115. The van der Waals surface area contributed by atoms with Gasteiger partial charge >= 0.3 is 0 Å². The van der Waals surface area contributed by atoms with Crippen LogP contribution in [0, 0.1) is 0 Å². The summed E-state index contributed by atoms with van der Waals surface area (Å²) in [5.41, 5.74) is 2.16. The summed E-state index contributed by atoms with van der Waals surface area (Å²) in [4.78, 5) is 13.7. The molecule has 1 aliphatic heterocycles. The zero-order chi connectivity index (χ0) is 16.2. The van der Waals surface area contributed by atoms with Gasteiger partial charge in [0, 0.05) is 38.6 Å². The molecule has 0 unspecified atom stereocenters. The molecule has 4 heterocycles. The first-order valence-corrected chi connectivity index (χ1v) is 8.21. The van der Waals surface area contributed by atoms with Crippen molar-refractivity contribution in [3.05, 3.63) is 84.3 Å². The molecule has 3 aromatic heterocycles. The molecular weight excluding hydrogens is 300 g/mol. The van der Waals surface area contributed by atoms with Crippen molar-refractivity contribution in [2.45, 2.75) is 19.3 Å². The highest BCUT2D eigenvalue weighted by Crippen LogP contribution is 2.32. The molecule has 0 atom stereocenters. The highest BCUT2D eigenvalue weighted by atomic mass is 16.3. The molecule has 0 amide bonds. The summed E-state index contributed by atoms with van der Waals surface area (Å²) in [7, 11) is 0. The summed E-state index contributed by atoms with van der Waals surface area (Å²) in [6, 6.07) is 16.1.